The number of hydrogen-bond donors (Lipinski definition) is 0. The summed E-state index contributed by atoms with van der Waals surface area (Å²) in [5.74, 6) is 0.567. The third-order valence-electron chi connectivity index (χ3n) is 4.24. The van der Waals surface area contributed by atoms with Crippen LogP contribution in [0.1, 0.15) is 31.7 Å². The van der Waals surface area contributed by atoms with Crippen molar-refractivity contribution >= 4 is 15.7 Å². The number of likely N-dealkylation sites (tertiary alicyclic amines) is 1. The summed E-state index contributed by atoms with van der Waals surface area (Å²) in [6, 6.07) is 9.88. The molecule has 4 nitrogen and oxygen atoms in total. The molecule has 0 radical (unpaired) electrons. The summed E-state index contributed by atoms with van der Waals surface area (Å²) in [5.41, 5.74) is 2.08. The van der Waals surface area contributed by atoms with Crippen LogP contribution in [-0.4, -0.2) is 38.2 Å². The highest BCUT2D eigenvalue weighted by Gasteiger charge is 2.36. The molecule has 0 saturated carbocycles. The standard InChI is InChI=1S/C16H21NO3S/c1-13-16(14-8-4-2-5-9-14)15(12-21(18,19)20-13)17-10-6-3-7-11-17/h2,4-5,8-9,15H,3,6-7,10-12H2,1H3. The van der Waals surface area contributed by atoms with Gasteiger partial charge in [0.05, 0.1) is 6.04 Å². The fourth-order valence-electron chi connectivity index (χ4n) is 3.31. The summed E-state index contributed by atoms with van der Waals surface area (Å²) < 4.78 is 29.2. The molecule has 0 N–H and O–H groups in total. The third-order valence-corrected chi connectivity index (χ3v) is 5.47. The molecule has 2 heterocycles. The zero-order chi connectivity index (χ0) is 14.9. The van der Waals surface area contributed by atoms with Gasteiger partial charge in [0, 0.05) is 5.57 Å². The first-order chi connectivity index (χ1) is 10.1. The normalized spacial score (nSPS) is 26.4. The lowest BCUT2D eigenvalue weighted by atomic mass is 9.95. The average molecular weight is 307 g/mol. The van der Waals surface area contributed by atoms with E-state index in [4.69, 9.17) is 4.18 Å². The van der Waals surface area contributed by atoms with Crippen molar-refractivity contribution in [3.8, 4) is 0 Å². The predicted molar refractivity (Wildman–Crippen MR) is 83.1 cm³/mol. The van der Waals surface area contributed by atoms with Crippen molar-refractivity contribution in [1.82, 2.24) is 4.90 Å². The molecule has 0 aliphatic carbocycles. The largest absolute Gasteiger partial charge is 0.387 e. The first-order valence-electron chi connectivity index (χ1n) is 7.49. The number of piperidine rings is 1. The van der Waals surface area contributed by atoms with E-state index in [2.05, 4.69) is 4.90 Å². The van der Waals surface area contributed by atoms with E-state index >= 15 is 0 Å². The van der Waals surface area contributed by atoms with Gasteiger partial charge < -0.3 is 4.18 Å². The predicted octanol–water partition coefficient (Wildman–Crippen LogP) is 2.63. The highest BCUT2D eigenvalue weighted by Crippen LogP contribution is 2.33. The van der Waals surface area contributed by atoms with Crippen molar-refractivity contribution in [2.24, 2.45) is 0 Å². The Bertz CT molecular complexity index is 631. The van der Waals surface area contributed by atoms with Crippen LogP contribution in [0.5, 0.6) is 0 Å². The second kappa shape index (κ2) is 5.81. The van der Waals surface area contributed by atoms with E-state index in [-0.39, 0.29) is 11.8 Å². The minimum atomic E-state index is -3.47. The van der Waals surface area contributed by atoms with Crippen LogP contribution in [0.15, 0.2) is 36.1 Å². The molecule has 5 heteroatoms. The maximum absolute atomic E-state index is 12.0. The lowest BCUT2D eigenvalue weighted by Gasteiger charge is -2.38. The molecule has 2 aliphatic heterocycles. The topological polar surface area (TPSA) is 46.6 Å². The highest BCUT2D eigenvalue weighted by molar-refractivity contribution is 7.86. The lowest BCUT2D eigenvalue weighted by Crippen LogP contribution is -2.46. The molecule has 1 saturated heterocycles. The maximum Gasteiger partial charge on any atom is 0.310 e. The summed E-state index contributed by atoms with van der Waals surface area (Å²) in [4.78, 5) is 2.30. The molecule has 0 aromatic heterocycles. The van der Waals surface area contributed by atoms with Crippen LogP contribution in [0.3, 0.4) is 0 Å². The number of allylic oxidation sites excluding steroid dienone is 1. The Labute approximate surface area is 126 Å². The Morgan fingerprint density at radius 2 is 1.76 bits per heavy atom. The van der Waals surface area contributed by atoms with Crippen LogP contribution in [0.4, 0.5) is 0 Å². The maximum atomic E-state index is 12.0. The van der Waals surface area contributed by atoms with E-state index in [0.717, 1.165) is 37.1 Å². The van der Waals surface area contributed by atoms with Crippen LogP contribution < -0.4 is 0 Å². The molecular weight excluding hydrogens is 286 g/mol. The van der Waals surface area contributed by atoms with Crippen molar-refractivity contribution in [2.75, 3.05) is 18.8 Å². The summed E-state index contributed by atoms with van der Waals surface area (Å²) in [6.45, 7) is 3.68. The first kappa shape index (κ1) is 14.6. The second-order valence-electron chi connectivity index (χ2n) is 5.76. The molecule has 21 heavy (non-hydrogen) atoms. The molecule has 3 rings (SSSR count). The average Bonchev–Trinajstić information content (AvgIpc) is 2.47. The van der Waals surface area contributed by atoms with Gasteiger partial charge in [0.2, 0.25) is 0 Å². The zero-order valence-electron chi connectivity index (χ0n) is 12.3. The number of nitrogens with zero attached hydrogens (tertiary/aromatic N) is 1. The zero-order valence-corrected chi connectivity index (χ0v) is 13.1. The van der Waals surface area contributed by atoms with E-state index in [1.165, 1.54) is 6.42 Å². The Morgan fingerprint density at radius 3 is 2.43 bits per heavy atom. The van der Waals surface area contributed by atoms with Gasteiger partial charge in [-0.15, -0.1) is 0 Å². The Morgan fingerprint density at radius 1 is 1.10 bits per heavy atom. The summed E-state index contributed by atoms with van der Waals surface area (Å²) >= 11 is 0. The van der Waals surface area contributed by atoms with Gasteiger partial charge in [0.25, 0.3) is 0 Å². The first-order valence-corrected chi connectivity index (χ1v) is 9.07. The van der Waals surface area contributed by atoms with E-state index < -0.39 is 10.1 Å². The molecular formula is C16H21NO3S. The molecule has 0 bridgehead atoms. The molecule has 1 aromatic carbocycles. The van der Waals surface area contributed by atoms with Gasteiger partial charge in [0.1, 0.15) is 11.5 Å². The van der Waals surface area contributed by atoms with Crippen molar-refractivity contribution in [3.63, 3.8) is 0 Å². The lowest BCUT2D eigenvalue weighted by molar-refractivity contribution is 0.199. The molecule has 114 valence electrons. The van der Waals surface area contributed by atoms with Crippen LogP contribution in [0.25, 0.3) is 5.57 Å². The van der Waals surface area contributed by atoms with Gasteiger partial charge >= 0.3 is 10.1 Å². The minimum absolute atomic E-state index is 0.0502. The van der Waals surface area contributed by atoms with Crippen molar-refractivity contribution in [1.29, 1.82) is 0 Å². The molecule has 0 spiro atoms. The summed E-state index contributed by atoms with van der Waals surface area (Å²) in [6.07, 6.45) is 3.51. The van der Waals surface area contributed by atoms with Crippen molar-refractivity contribution in [2.45, 2.75) is 32.2 Å². The van der Waals surface area contributed by atoms with E-state index in [1.54, 1.807) is 6.92 Å². The summed E-state index contributed by atoms with van der Waals surface area (Å²) in [5, 5.41) is 0. The van der Waals surface area contributed by atoms with Crippen LogP contribution in [-0.2, 0) is 14.3 Å². The Balaban J connectivity index is 2.02. The number of rotatable bonds is 2. The third kappa shape index (κ3) is 3.14. The fourth-order valence-corrected chi connectivity index (χ4v) is 4.61. The fraction of sp³-hybridized carbons (Fsp3) is 0.500. The van der Waals surface area contributed by atoms with Gasteiger partial charge in [-0.3, -0.25) is 4.90 Å². The van der Waals surface area contributed by atoms with Gasteiger partial charge in [-0.05, 0) is 38.4 Å². The Kier molecular flexibility index (Phi) is 4.04. The molecule has 0 amide bonds. The monoisotopic (exact) mass is 307 g/mol. The van der Waals surface area contributed by atoms with E-state index in [9.17, 15) is 8.42 Å². The molecule has 1 unspecified atom stereocenters. The van der Waals surface area contributed by atoms with Crippen LogP contribution in [0.2, 0.25) is 0 Å². The van der Waals surface area contributed by atoms with E-state index in [1.807, 2.05) is 30.3 Å². The molecule has 1 fully saturated rings. The number of benzene rings is 1. The van der Waals surface area contributed by atoms with E-state index in [0.29, 0.717) is 5.76 Å². The van der Waals surface area contributed by atoms with Gasteiger partial charge in [-0.2, -0.15) is 8.42 Å². The van der Waals surface area contributed by atoms with Gasteiger partial charge in [-0.25, -0.2) is 0 Å². The van der Waals surface area contributed by atoms with Gasteiger partial charge in [0.15, 0.2) is 0 Å². The SMILES string of the molecule is CC1=C(c2ccccc2)C(N2CCCCC2)CS(=O)(=O)O1. The van der Waals surface area contributed by atoms with Gasteiger partial charge in [-0.1, -0.05) is 36.8 Å². The number of hydrogen-bond acceptors (Lipinski definition) is 4. The van der Waals surface area contributed by atoms with Crippen LogP contribution in [0, 0.1) is 0 Å². The summed E-state index contributed by atoms with van der Waals surface area (Å²) in [7, 11) is -3.47. The molecule has 2 aliphatic rings. The molecule has 1 aromatic rings. The Hall–Kier alpha value is -1.33. The smallest absolute Gasteiger partial charge is 0.310 e. The van der Waals surface area contributed by atoms with Crippen LogP contribution >= 0.6 is 0 Å². The van der Waals surface area contributed by atoms with Crippen molar-refractivity contribution in [3.05, 3.63) is 41.7 Å². The van der Waals surface area contributed by atoms with Crippen molar-refractivity contribution < 1.29 is 12.6 Å². The minimum Gasteiger partial charge on any atom is -0.387 e. The molecule has 1 atom stereocenters. The second-order valence-corrected chi connectivity index (χ2v) is 7.37. The quantitative estimate of drug-likeness (QED) is 0.788. The highest BCUT2D eigenvalue weighted by atomic mass is 32.2.